The third-order valence-electron chi connectivity index (χ3n) is 5.13. The van der Waals surface area contributed by atoms with E-state index in [1.54, 1.807) is 7.11 Å². The number of benzene rings is 3. The molecule has 156 valence electrons. The van der Waals surface area contributed by atoms with Gasteiger partial charge in [-0.25, -0.2) is 0 Å². The summed E-state index contributed by atoms with van der Waals surface area (Å²) in [7, 11) is -0.107. The van der Waals surface area contributed by atoms with Crippen LogP contribution in [0.15, 0.2) is 109 Å². The molecule has 0 atom stereocenters. The summed E-state index contributed by atoms with van der Waals surface area (Å²) >= 11 is 0. The van der Waals surface area contributed by atoms with Crippen molar-refractivity contribution >= 4 is 23.7 Å². The zero-order valence-corrected chi connectivity index (χ0v) is 18.4. The second-order valence-corrected chi connectivity index (χ2v) is 9.47. The van der Waals surface area contributed by atoms with E-state index in [0.717, 1.165) is 28.1 Å². The Kier molecular flexibility index (Phi) is 6.22. The van der Waals surface area contributed by atoms with Gasteiger partial charge >= 0.3 is 0 Å². The van der Waals surface area contributed by atoms with Gasteiger partial charge in [-0.3, -0.25) is 4.57 Å². The van der Waals surface area contributed by atoms with E-state index in [0.29, 0.717) is 10.6 Å². The van der Waals surface area contributed by atoms with Gasteiger partial charge in [0.1, 0.15) is 5.75 Å². The Bertz CT molecular complexity index is 1120. The van der Waals surface area contributed by atoms with Gasteiger partial charge in [-0.05, 0) is 53.1 Å². The third-order valence-corrected chi connectivity index (χ3v) is 7.69. The molecule has 1 heterocycles. The van der Waals surface area contributed by atoms with E-state index < -0.39 is 7.37 Å². The number of hydrogen-bond donors (Lipinski definition) is 1. The maximum Gasteiger partial charge on any atom is 0.262 e. The van der Waals surface area contributed by atoms with Crippen molar-refractivity contribution in [3.8, 4) is 5.75 Å². The molecule has 1 aliphatic heterocycles. The van der Waals surface area contributed by atoms with Crippen LogP contribution in [-0.2, 0) is 9.09 Å². The van der Waals surface area contributed by atoms with Crippen LogP contribution < -0.4 is 10.1 Å². The SMILES string of the molecule is COc1ccc(NC=C2C=C(c3ccccc3)P(=O)(OC)C(c3ccccc3)=C2)cc1. The molecule has 0 unspecified atom stereocenters. The molecule has 0 amide bonds. The lowest BCUT2D eigenvalue weighted by Gasteiger charge is -2.27. The van der Waals surface area contributed by atoms with Crippen molar-refractivity contribution in [1.29, 1.82) is 0 Å². The van der Waals surface area contributed by atoms with Crippen molar-refractivity contribution < 1.29 is 13.8 Å². The van der Waals surface area contributed by atoms with Gasteiger partial charge in [0.25, 0.3) is 7.37 Å². The summed E-state index contributed by atoms with van der Waals surface area (Å²) in [6.07, 6.45) is 5.78. The number of ether oxygens (including phenoxy) is 1. The minimum atomic E-state index is -3.27. The van der Waals surface area contributed by atoms with E-state index in [-0.39, 0.29) is 0 Å². The Balaban J connectivity index is 1.79. The van der Waals surface area contributed by atoms with Crippen LogP contribution in [0.5, 0.6) is 5.75 Å². The molecule has 0 aromatic heterocycles. The van der Waals surface area contributed by atoms with E-state index in [4.69, 9.17) is 9.26 Å². The first-order chi connectivity index (χ1) is 15.1. The molecule has 4 nitrogen and oxygen atoms in total. The van der Waals surface area contributed by atoms with Crippen LogP contribution in [0.2, 0.25) is 0 Å². The summed E-state index contributed by atoms with van der Waals surface area (Å²) in [6, 6.07) is 27.2. The molecule has 3 aromatic carbocycles. The minimum Gasteiger partial charge on any atom is -0.497 e. The van der Waals surface area contributed by atoms with Crippen LogP contribution in [0.25, 0.3) is 10.6 Å². The summed E-state index contributed by atoms with van der Waals surface area (Å²) < 4.78 is 25.1. The maximum absolute atomic E-state index is 14.1. The molecule has 0 saturated carbocycles. The normalized spacial score (nSPS) is 18.1. The number of nitrogens with one attached hydrogen (secondary N) is 1. The fraction of sp³-hybridized carbons (Fsp3) is 0.0769. The molecule has 1 N–H and O–H groups in total. The standard InChI is InChI=1S/C26H24NO3P/c1-29-24-15-13-23(14-16-24)27-19-20-17-25(21-9-5-3-6-10-21)31(28,30-2)26(18-20)22-11-7-4-8-12-22/h3-19,27H,1-2H3. The topological polar surface area (TPSA) is 47.6 Å². The summed E-state index contributed by atoms with van der Waals surface area (Å²) in [5.74, 6) is 0.800. The molecule has 0 fully saturated rings. The predicted octanol–water partition coefficient (Wildman–Crippen LogP) is 7.01. The number of allylic oxidation sites excluding steroid dienone is 3. The molecule has 5 heteroatoms. The average molecular weight is 429 g/mol. The highest BCUT2D eigenvalue weighted by Crippen LogP contribution is 2.70. The van der Waals surface area contributed by atoms with Crippen molar-refractivity contribution in [2.45, 2.75) is 0 Å². The van der Waals surface area contributed by atoms with Gasteiger partial charge in [0.05, 0.1) is 7.11 Å². The maximum atomic E-state index is 14.1. The number of rotatable bonds is 6. The first-order valence-corrected chi connectivity index (χ1v) is 11.6. The smallest absolute Gasteiger partial charge is 0.262 e. The van der Waals surface area contributed by atoms with Gasteiger partial charge in [-0.15, -0.1) is 0 Å². The largest absolute Gasteiger partial charge is 0.497 e. The van der Waals surface area contributed by atoms with Gasteiger partial charge in [0.15, 0.2) is 0 Å². The van der Waals surface area contributed by atoms with Gasteiger partial charge in [0.2, 0.25) is 0 Å². The van der Waals surface area contributed by atoms with Crippen LogP contribution in [0, 0.1) is 0 Å². The van der Waals surface area contributed by atoms with E-state index in [1.807, 2.05) is 103 Å². The average Bonchev–Trinajstić information content (AvgIpc) is 2.84. The molecular formula is C26H24NO3P. The number of anilines is 1. The first kappa shape index (κ1) is 20.9. The van der Waals surface area contributed by atoms with E-state index in [2.05, 4.69) is 5.32 Å². The first-order valence-electron chi connectivity index (χ1n) is 9.96. The molecule has 0 spiro atoms. The molecule has 31 heavy (non-hydrogen) atoms. The lowest BCUT2D eigenvalue weighted by atomic mass is 10.1. The van der Waals surface area contributed by atoms with E-state index in [9.17, 15) is 4.57 Å². The molecule has 4 rings (SSSR count). The van der Waals surface area contributed by atoms with Crippen LogP contribution in [0.3, 0.4) is 0 Å². The fourth-order valence-corrected chi connectivity index (χ4v) is 5.78. The van der Waals surface area contributed by atoms with Crippen molar-refractivity contribution in [2.75, 3.05) is 19.5 Å². The van der Waals surface area contributed by atoms with Crippen molar-refractivity contribution in [2.24, 2.45) is 0 Å². The van der Waals surface area contributed by atoms with Gasteiger partial charge in [-0.2, -0.15) is 0 Å². The van der Waals surface area contributed by atoms with E-state index in [1.165, 1.54) is 7.11 Å². The highest BCUT2D eigenvalue weighted by Gasteiger charge is 2.36. The van der Waals surface area contributed by atoms with Gasteiger partial charge in [-0.1, -0.05) is 60.7 Å². The Morgan fingerprint density at radius 1 is 0.742 bits per heavy atom. The molecule has 0 saturated heterocycles. The summed E-state index contributed by atoms with van der Waals surface area (Å²) in [5.41, 5.74) is 3.59. The molecule has 1 aliphatic rings. The van der Waals surface area contributed by atoms with Gasteiger partial charge < -0.3 is 14.6 Å². The van der Waals surface area contributed by atoms with Gasteiger partial charge in [0, 0.05) is 29.6 Å². The lowest BCUT2D eigenvalue weighted by Crippen LogP contribution is -2.01. The number of hydrogen-bond acceptors (Lipinski definition) is 4. The minimum absolute atomic E-state index is 0.680. The van der Waals surface area contributed by atoms with Crippen molar-refractivity contribution in [3.05, 3.63) is 120 Å². The van der Waals surface area contributed by atoms with Crippen LogP contribution in [0.1, 0.15) is 11.1 Å². The molecule has 0 bridgehead atoms. The number of methoxy groups -OCH3 is 1. The Morgan fingerprint density at radius 2 is 1.26 bits per heavy atom. The summed E-state index contributed by atoms with van der Waals surface area (Å²) in [4.78, 5) is 0. The fourth-order valence-electron chi connectivity index (χ4n) is 3.52. The Hall–Kier alpha value is -3.33. The van der Waals surface area contributed by atoms with Crippen molar-refractivity contribution in [3.63, 3.8) is 0 Å². The highest BCUT2D eigenvalue weighted by atomic mass is 31.2. The second kappa shape index (κ2) is 9.22. The molecule has 3 aromatic rings. The monoisotopic (exact) mass is 429 g/mol. The summed E-state index contributed by atoms with van der Waals surface area (Å²) in [5, 5.41) is 4.68. The third kappa shape index (κ3) is 4.41. The predicted molar refractivity (Wildman–Crippen MR) is 128 cm³/mol. The quantitative estimate of drug-likeness (QED) is 0.428. The zero-order valence-electron chi connectivity index (χ0n) is 17.5. The summed E-state index contributed by atoms with van der Waals surface area (Å²) in [6.45, 7) is 0. The highest BCUT2D eigenvalue weighted by molar-refractivity contribution is 7.79. The van der Waals surface area contributed by atoms with E-state index >= 15 is 0 Å². The Morgan fingerprint density at radius 3 is 1.71 bits per heavy atom. The molecule has 0 radical (unpaired) electrons. The van der Waals surface area contributed by atoms with Crippen LogP contribution in [-0.4, -0.2) is 14.2 Å². The van der Waals surface area contributed by atoms with Crippen LogP contribution >= 0.6 is 7.37 Å². The van der Waals surface area contributed by atoms with Crippen molar-refractivity contribution in [1.82, 2.24) is 0 Å². The Labute approximate surface area is 183 Å². The zero-order chi connectivity index (χ0) is 21.7. The van der Waals surface area contributed by atoms with Crippen LogP contribution in [0.4, 0.5) is 5.69 Å². The lowest BCUT2D eigenvalue weighted by molar-refractivity contribution is 0.413. The second-order valence-electron chi connectivity index (χ2n) is 7.04. The molecule has 0 aliphatic carbocycles. The molecular weight excluding hydrogens is 405 g/mol.